The Bertz CT molecular complexity index is 275. The summed E-state index contributed by atoms with van der Waals surface area (Å²) in [5.74, 6) is 1.53. The minimum absolute atomic E-state index is 0.148. The standard InChI is InChI=1S/C13H26N2O3S/c1-4-19-8-7-11(3)15-13(18)14-9-10(2)5-6-12(16)17/h10-11H,4-9H2,1-3H3,(H,16,17)(H2,14,15,18). The number of urea groups is 1. The molecule has 0 aromatic rings. The van der Waals surface area contributed by atoms with Crippen LogP contribution in [0.5, 0.6) is 0 Å². The Morgan fingerprint density at radius 1 is 1.26 bits per heavy atom. The van der Waals surface area contributed by atoms with E-state index in [1.54, 1.807) is 0 Å². The Hall–Kier alpha value is -0.910. The highest BCUT2D eigenvalue weighted by molar-refractivity contribution is 7.99. The molecule has 19 heavy (non-hydrogen) atoms. The zero-order valence-corrected chi connectivity index (χ0v) is 12.9. The molecule has 0 spiro atoms. The fourth-order valence-corrected chi connectivity index (χ4v) is 2.30. The molecule has 0 aliphatic heterocycles. The first-order valence-corrected chi connectivity index (χ1v) is 7.95. The van der Waals surface area contributed by atoms with Crippen LogP contribution in [0.1, 0.15) is 40.0 Å². The van der Waals surface area contributed by atoms with E-state index in [1.165, 1.54) is 0 Å². The Morgan fingerprint density at radius 2 is 1.95 bits per heavy atom. The first-order chi connectivity index (χ1) is 8.95. The van der Waals surface area contributed by atoms with E-state index in [2.05, 4.69) is 17.6 Å². The van der Waals surface area contributed by atoms with Gasteiger partial charge < -0.3 is 15.7 Å². The summed E-state index contributed by atoms with van der Waals surface area (Å²) in [5.41, 5.74) is 0. The number of carboxylic acid groups (broad SMARTS) is 1. The highest BCUT2D eigenvalue weighted by Crippen LogP contribution is 2.05. The lowest BCUT2D eigenvalue weighted by molar-refractivity contribution is -0.137. The summed E-state index contributed by atoms with van der Waals surface area (Å²) in [6.07, 6.45) is 1.69. The van der Waals surface area contributed by atoms with Crippen LogP contribution in [0.15, 0.2) is 0 Å². The average Bonchev–Trinajstić information content (AvgIpc) is 2.34. The van der Waals surface area contributed by atoms with Crippen LogP contribution in [0, 0.1) is 5.92 Å². The van der Waals surface area contributed by atoms with Gasteiger partial charge in [-0.25, -0.2) is 4.79 Å². The Morgan fingerprint density at radius 3 is 2.53 bits per heavy atom. The summed E-state index contributed by atoms with van der Waals surface area (Å²) < 4.78 is 0. The second-order valence-corrected chi connectivity index (χ2v) is 6.17. The van der Waals surface area contributed by atoms with Gasteiger partial charge in [0.15, 0.2) is 0 Å². The van der Waals surface area contributed by atoms with Crippen molar-refractivity contribution in [3.63, 3.8) is 0 Å². The van der Waals surface area contributed by atoms with Gasteiger partial charge in [0.2, 0.25) is 0 Å². The molecule has 0 rings (SSSR count). The van der Waals surface area contributed by atoms with Gasteiger partial charge in [-0.3, -0.25) is 4.79 Å². The number of carbonyl (C=O) groups excluding carboxylic acids is 1. The Balaban J connectivity index is 3.64. The van der Waals surface area contributed by atoms with Gasteiger partial charge in [-0.15, -0.1) is 0 Å². The van der Waals surface area contributed by atoms with Crippen molar-refractivity contribution in [3.8, 4) is 0 Å². The van der Waals surface area contributed by atoms with Crippen molar-refractivity contribution >= 4 is 23.8 Å². The number of hydrogen-bond acceptors (Lipinski definition) is 3. The first kappa shape index (κ1) is 18.1. The van der Waals surface area contributed by atoms with E-state index in [1.807, 2.05) is 25.6 Å². The van der Waals surface area contributed by atoms with Gasteiger partial charge in [-0.05, 0) is 37.2 Å². The molecule has 0 aromatic carbocycles. The van der Waals surface area contributed by atoms with Crippen molar-refractivity contribution in [2.45, 2.75) is 46.1 Å². The van der Waals surface area contributed by atoms with Crippen molar-refractivity contribution in [2.24, 2.45) is 5.92 Å². The predicted molar refractivity (Wildman–Crippen MR) is 79.6 cm³/mol. The lowest BCUT2D eigenvalue weighted by atomic mass is 10.1. The smallest absolute Gasteiger partial charge is 0.315 e. The van der Waals surface area contributed by atoms with Crippen molar-refractivity contribution in [1.82, 2.24) is 10.6 Å². The molecular formula is C13H26N2O3S. The molecule has 2 unspecified atom stereocenters. The normalized spacial score (nSPS) is 13.6. The van der Waals surface area contributed by atoms with E-state index in [9.17, 15) is 9.59 Å². The number of carboxylic acids is 1. The van der Waals surface area contributed by atoms with Crippen molar-refractivity contribution in [2.75, 3.05) is 18.1 Å². The van der Waals surface area contributed by atoms with Crippen LogP contribution in [0.4, 0.5) is 4.79 Å². The van der Waals surface area contributed by atoms with Gasteiger partial charge in [-0.2, -0.15) is 11.8 Å². The maximum absolute atomic E-state index is 11.6. The molecule has 0 bridgehead atoms. The lowest BCUT2D eigenvalue weighted by Gasteiger charge is -2.16. The van der Waals surface area contributed by atoms with E-state index in [4.69, 9.17) is 5.11 Å². The molecule has 0 aliphatic rings. The van der Waals surface area contributed by atoms with Crippen LogP contribution in [-0.4, -0.2) is 41.2 Å². The molecule has 0 heterocycles. The molecule has 3 N–H and O–H groups in total. The number of rotatable bonds is 10. The SMILES string of the molecule is CCSCCC(C)NC(=O)NCC(C)CCC(=O)O. The van der Waals surface area contributed by atoms with Crippen LogP contribution in [0.25, 0.3) is 0 Å². The molecule has 0 fully saturated rings. The second kappa shape index (κ2) is 11.0. The molecule has 5 nitrogen and oxygen atoms in total. The van der Waals surface area contributed by atoms with Crippen LogP contribution in [0.3, 0.4) is 0 Å². The molecule has 0 saturated heterocycles. The summed E-state index contributed by atoms with van der Waals surface area (Å²) in [6, 6.07) is -0.00968. The second-order valence-electron chi connectivity index (χ2n) is 4.78. The van der Waals surface area contributed by atoms with Gasteiger partial charge in [0.05, 0.1) is 0 Å². The number of thioether (sulfide) groups is 1. The quantitative estimate of drug-likeness (QED) is 0.540. The third-order valence-electron chi connectivity index (χ3n) is 2.74. The van der Waals surface area contributed by atoms with E-state index in [-0.39, 0.29) is 24.4 Å². The van der Waals surface area contributed by atoms with Crippen molar-refractivity contribution in [3.05, 3.63) is 0 Å². The summed E-state index contributed by atoms with van der Waals surface area (Å²) in [4.78, 5) is 22.0. The number of aliphatic carboxylic acids is 1. The first-order valence-electron chi connectivity index (χ1n) is 6.79. The van der Waals surface area contributed by atoms with E-state index in [0.717, 1.165) is 17.9 Å². The molecule has 0 radical (unpaired) electrons. The largest absolute Gasteiger partial charge is 0.481 e. The van der Waals surface area contributed by atoms with E-state index < -0.39 is 5.97 Å². The number of amides is 2. The number of nitrogens with one attached hydrogen (secondary N) is 2. The topological polar surface area (TPSA) is 78.4 Å². The third-order valence-corrected chi connectivity index (χ3v) is 3.67. The monoisotopic (exact) mass is 290 g/mol. The van der Waals surface area contributed by atoms with Gasteiger partial charge in [0.25, 0.3) is 0 Å². The Kier molecular flexibility index (Phi) is 10.4. The molecule has 6 heteroatoms. The molecule has 2 atom stereocenters. The third kappa shape index (κ3) is 11.9. The zero-order valence-electron chi connectivity index (χ0n) is 12.1. The fraction of sp³-hybridized carbons (Fsp3) is 0.846. The van der Waals surface area contributed by atoms with Gasteiger partial charge in [0, 0.05) is 19.0 Å². The Labute approximate surface area is 119 Å². The number of carbonyl (C=O) groups is 2. The summed E-state index contributed by atoms with van der Waals surface area (Å²) in [7, 11) is 0. The van der Waals surface area contributed by atoms with Crippen LogP contribution in [-0.2, 0) is 4.79 Å². The highest BCUT2D eigenvalue weighted by atomic mass is 32.2. The van der Waals surface area contributed by atoms with Crippen LogP contribution in [0.2, 0.25) is 0 Å². The average molecular weight is 290 g/mol. The summed E-state index contributed by atoms with van der Waals surface area (Å²) in [5, 5.41) is 14.2. The van der Waals surface area contributed by atoms with Gasteiger partial charge >= 0.3 is 12.0 Å². The molecule has 0 saturated carbocycles. The maximum Gasteiger partial charge on any atom is 0.315 e. The predicted octanol–water partition coefficient (Wildman–Crippen LogP) is 2.32. The van der Waals surface area contributed by atoms with E-state index in [0.29, 0.717) is 13.0 Å². The molecule has 0 aromatic heterocycles. The van der Waals surface area contributed by atoms with Crippen LogP contribution < -0.4 is 10.6 Å². The molecule has 2 amide bonds. The van der Waals surface area contributed by atoms with Gasteiger partial charge in [0.1, 0.15) is 0 Å². The van der Waals surface area contributed by atoms with Crippen molar-refractivity contribution in [1.29, 1.82) is 0 Å². The minimum Gasteiger partial charge on any atom is -0.481 e. The zero-order chi connectivity index (χ0) is 14.7. The fourth-order valence-electron chi connectivity index (χ4n) is 1.49. The maximum atomic E-state index is 11.6. The highest BCUT2D eigenvalue weighted by Gasteiger charge is 2.09. The van der Waals surface area contributed by atoms with E-state index >= 15 is 0 Å². The van der Waals surface area contributed by atoms with Crippen LogP contribution >= 0.6 is 11.8 Å². The van der Waals surface area contributed by atoms with Gasteiger partial charge in [-0.1, -0.05) is 13.8 Å². The molecular weight excluding hydrogens is 264 g/mol. The number of hydrogen-bond donors (Lipinski definition) is 3. The van der Waals surface area contributed by atoms with Crippen molar-refractivity contribution < 1.29 is 14.7 Å². The lowest BCUT2D eigenvalue weighted by Crippen LogP contribution is -2.42. The molecule has 112 valence electrons. The molecule has 0 aliphatic carbocycles. The summed E-state index contributed by atoms with van der Waals surface area (Å²) >= 11 is 1.86. The minimum atomic E-state index is -0.793. The summed E-state index contributed by atoms with van der Waals surface area (Å²) in [6.45, 7) is 6.55.